The van der Waals surface area contributed by atoms with Gasteiger partial charge in [-0.3, -0.25) is 0 Å². The zero-order chi connectivity index (χ0) is 13.9. The van der Waals surface area contributed by atoms with Crippen molar-refractivity contribution >= 4 is 6.29 Å². The van der Waals surface area contributed by atoms with Crippen LogP contribution in [0.3, 0.4) is 0 Å². The van der Waals surface area contributed by atoms with Gasteiger partial charge in [0, 0.05) is 19.1 Å². The largest absolute Gasteiger partial charge is 0.305 e. The Morgan fingerprint density at radius 1 is 1.37 bits per heavy atom. The molecule has 0 radical (unpaired) electrons. The summed E-state index contributed by atoms with van der Waals surface area (Å²) in [7, 11) is 4.26. The second kappa shape index (κ2) is 5.85. The minimum atomic E-state index is -0.400. The minimum absolute atomic E-state index is 0.400. The number of nitrogens with zero attached hydrogens (tertiary/aromatic N) is 2. The normalized spacial score (nSPS) is 23.5. The van der Waals surface area contributed by atoms with Gasteiger partial charge < -0.3 is 14.6 Å². The van der Waals surface area contributed by atoms with Crippen LogP contribution in [0.1, 0.15) is 18.9 Å². The highest BCUT2D eigenvalue weighted by Crippen LogP contribution is 2.25. The molecule has 3 heteroatoms. The molecule has 2 rings (SSSR count). The lowest BCUT2D eigenvalue weighted by atomic mass is 9.83. The fraction of sp³-hybridized carbons (Fsp3) is 0.562. The van der Waals surface area contributed by atoms with Gasteiger partial charge in [0.1, 0.15) is 6.29 Å². The third-order valence-corrected chi connectivity index (χ3v) is 4.22. The van der Waals surface area contributed by atoms with Gasteiger partial charge in [0.05, 0.1) is 5.41 Å². The molecule has 104 valence electrons. The van der Waals surface area contributed by atoms with Crippen LogP contribution in [0.2, 0.25) is 0 Å². The molecule has 2 unspecified atom stereocenters. The summed E-state index contributed by atoms with van der Waals surface area (Å²) in [5.74, 6) is 0. The lowest BCUT2D eigenvalue weighted by Crippen LogP contribution is -2.40. The smallest absolute Gasteiger partial charge is 0.131 e. The van der Waals surface area contributed by atoms with Crippen LogP contribution in [-0.2, 0) is 10.2 Å². The van der Waals surface area contributed by atoms with Crippen molar-refractivity contribution in [2.45, 2.75) is 24.8 Å². The third-order valence-electron chi connectivity index (χ3n) is 4.22. The van der Waals surface area contributed by atoms with E-state index in [1.165, 1.54) is 6.42 Å². The molecule has 0 aromatic heterocycles. The summed E-state index contributed by atoms with van der Waals surface area (Å²) in [6.45, 7) is 4.99. The SMILES string of the molecule is CN(C)C1CCN(CC(C)(C=O)c2ccccc2)C1. The molecule has 0 spiro atoms. The van der Waals surface area contributed by atoms with Gasteiger partial charge >= 0.3 is 0 Å². The fourth-order valence-corrected chi connectivity index (χ4v) is 2.86. The average Bonchev–Trinajstić information content (AvgIpc) is 2.88. The van der Waals surface area contributed by atoms with Crippen molar-refractivity contribution in [2.24, 2.45) is 0 Å². The first-order valence-electron chi connectivity index (χ1n) is 6.96. The molecule has 1 saturated heterocycles. The Morgan fingerprint density at radius 2 is 2.05 bits per heavy atom. The monoisotopic (exact) mass is 260 g/mol. The zero-order valence-corrected chi connectivity index (χ0v) is 12.2. The third kappa shape index (κ3) is 3.23. The number of aldehydes is 1. The van der Waals surface area contributed by atoms with Crippen molar-refractivity contribution in [1.82, 2.24) is 9.80 Å². The summed E-state index contributed by atoms with van der Waals surface area (Å²) in [4.78, 5) is 16.3. The number of hydrogen-bond acceptors (Lipinski definition) is 3. The van der Waals surface area contributed by atoms with E-state index in [1.54, 1.807) is 0 Å². The molecule has 1 aromatic carbocycles. The number of carbonyl (C=O) groups is 1. The van der Waals surface area contributed by atoms with Crippen molar-refractivity contribution < 1.29 is 4.79 Å². The molecule has 0 aliphatic carbocycles. The predicted octanol–water partition coefficient (Wildman–Crippen LogP) is 1.78. The summed E-state index contributed by atoms with van der Waals surface area (Å²) >= 11 is 0. The topological polar surface area (TPSA) is 23.6 Å². The molecule has 1 heterocycles. The molecule has 1 fully saturated rings. The number of hydrogen-bond donors (Lipinski definition) is 0. The van der Waals surface area contributed by atoms with E-state index in [0.29, 0.717) is 6.04 Å². The number of likely N-dealkylation sites (tertiary alicyclic amines) is 1. The Balaban J connectivity index is 2.06. The van der Waals surface area contributed by atoms with Crippen LogP contribution in [0, 0.1) is 0 Å². The van der Waals surface area contributed by atoms with Gasteiger partial charge in [-0.25, -0.2) is 0 Å². The van der Waals surface area contributed by atoms with E-state index < -0.39 is 5.41 Å². The Morgan fingerprint density at radius 3 is 2.58 bits per heavy atom. The Kier molecular flexibility index (Phi) is 4.38. The van der Waals surface area contributed by atoms with Crippen LogP contribution in [0.25, 0.3) is 0 Å². The van der Waals surface area contributed by atoms with E-state index in [4.69, 9.17) is 0 Å². The molecule has 1 aromatic rings. The van der Waals surface area contributed by atoms with Gasteiger partial charge in [0.15, 0.2) is 0 Å². The summed E-state index contributed by atoms with van der Waals surface area (Å²) in [6.07, 6.45) is 2.29. The maximum Gasteiger partial charge on any atom is 0.131 e. The molecule has 1 aliphatic heterocycles. The first-order valence-corrected chi connectivity index (χ1v) is 6.96. The summed E-state index contributed by atoms with van der Waals surface area (Å²) < 4.78 is 0. The number of likely N-dealkylation sites (N-methyl/N-ethyl adjacent to an activating group) is 1. The van der Waals surface area contributed by atoms with Crippen LogP contribution < -0.4 is 0 Å². The second-order valence-electron chi connectivity index (χ2n) is 6.04. The molecule has 0 saturated carbocycles. The van der Waals surface area contributed by atoms with Crippen molar-refractivity contribution in [3.63, 3.8) is 0 Å². The second-order valence-corrected chi connectivity index (χ2v) is 6.04. The Labute approximate surface area is 116 Å². The van der Waals surface area contributed by atoms with Crippen LogP contribution in [0.15, 0.2) is 30.3 Å². The van der Waals surface area contributed by atoms with Gasteiger partial charge in [-0.1, -0.05) is 30.3 Å². The minimum Gasteiger partial charge on any atom is -0.305 e. The van der Waals surface area contributed by atoms with Crippen LogP contribution in [0.5, 0.6) is 0 Å². The van der Waals surface area contributed by atoms with E-state index in [1.807, 2.05) is 37.3 Å². The van der Waals surface area contributed by atoms with Gasteiger partial charge in [0.25, 0.3) is 0 Å². The Bertz CT molecular complexity index is 418. The maximum absolute atomic E-state index is 11.6. The van der Waals surface area contributed by atoms with E-state index in [0.717, 1.165) is 31.5 Å². The fourth-order valence-electron chi connectivity index (χ4n) is 2.86. The van der Waals surface area contributed by atoms with Crippen molar-refractivity contribution in [1.29, 1.82) is 0 Å². The van der Waals surface area contributed by atoms with Crippen molar-refractivity contribution in [3.05, 3.63) is 35.9 Å². The first kappa shape index (κ1) is 14.2. The van der Waals surface area contributed by atoms with Gasteiger partial charge in [0.2, 0.25) is 0 Å². The molecule has 2 atom stereocenters. The van der Waals surface area contributed by atoms with Gasteiger partial charge in [-0.2, -0.15) is 0 Å². The van der Waals surface area contributed by atoms with Gasteiger partial charge in [-0.05, 0) is 39.5 Å². The lowest BCUT2D eigenvalue weighted by Gasteiger charge is -2.30. The predicted molar refractivity (Wildman–Crippen MR) is 78.4 cm³/mol. The first-order chi connectivity index (χ1) is 9.05. The molecule has 0 amide bonds. The highest BCUT2D eigenvalue weighted by Gasteiger charge is 2.32. The van der Waals surface area contributed by atoms with E-state index in [9.17, 15) is 4.79 Å². The van der Waals surface area contributed by atoms with Crippen LogP contribution in [-0.4, -0.2) is 55.9 Å². The quantitative estimate of drug-likeness (QED) is 0.754. The van der Waals surface area contributed by atoms with Crippen molar-refractivity contribution in [2.75, 3.05) is 33.7 Å². The zero-order valence-electron chi connectivity index (χ0n) is 12.2. The van der Waals surface area contributed by atoms with E-state index in [-0.39, 0.29) is 0 Å². The number of benzene rings is 1. The molecular weight excluding hydrogens is 236 g/mol. The van der Waals surface area contributed by atoms with E-state index >= 15 is 0 Å². The maximum atomic E-state index is 11.6. The number of carbonyl (C=O) groups excluding carboxylic acids is 1. The van der Waals surface area contributed by atoms with E-state index in [2.05, 4.69) is 23.9 Å². The van der Waals surface area contributed by atoms with Crippen molar-refractivity contribution in [3.8, 4) is 0 Å². The standard InChI is InChI=1S/C16H24N2O/c1-16(13-19,14-7-5-4-6-8-14)12-18-10-9-15(11-18)17(2)3/h4-8,13,15H,9-12H2,1-3H3. The number of rotatable bonds is 5. The molecular formula is C16H24N2O. The molecule has 1 aliphatic rings. The molecule has 0 bridgehead atoms. The molecule has 19 heavy (non-hydrogen) atoms. The molecule has 3 nitrogen and oxygen atoms in total. The van der Waals surface area contributed by atoms with Crippen LogP contribution in [0.4, 0.5) is 0 Å². The Hall–Kier alpha value is -1.19. The summed E-state index contributed by atoms with van der Waals surface area (Å²) in [5, 5.41) is 0. The average molecular weight is 260 g/mol. The summed E-state index contributed by atoms with van der Waals surface area (Å²) in [5.41, 5.74) is 0.709. The molecule has 0 N–H and O–H groups in total. The van der Waals surface area contributed by atoms with Crippen LogP contribution >= 0.6 is 0 Å². The lowest BCUT2D eigenvalue weighted by molar-refractivity contribution is -0.112. The highest BCUT2D eigenvalue weighted by molar-refractivity contribution is 5.68. The highest BCUT2D eigenvalue weighted by atomic mass is 16.1. The summed E-state index contributed by atoms with van der Waals surface area (Å²) in [6, 6.07) is 10.7. The van der Waals surface area contributed by atoms with Gasteiger partial charge in [-0.15, -0.1) is 0 Å².